The van der Waals surface area contributed by atoms with Crippen LogP contribution in [0, 0.1) is 11.3 Å². The Morgan fingerprint density at radius 3 is 2.69 bits per heavy atom. The minimum absolute atomic E-state index is 0.0373. The lowest BCUT2D eigenvalue weighted by Crippen LogP contribution is -2.34. The summed E-state index contributed by atoms with van der Waals surface area (Å²) in [5.41, 5.74) is 1.22. The van der Waals surface area contributed by atoms with E-state index in [0.717, 1.165) is 0 Å². The van der Waals surface area contributed by atoms with Crippen molar-refractivity contribution in [1.82, 2.24) is 19.5 Å². The average molecular weight is 417 g/mol. The molecule has 5 atom stereocenters. The van der Waals surface area contributed by atoms with Crippen LogP contribution in [0.3, 0.4) is 0 Å². The van der Waals surface area contributed by atoms with Gasteiger partial charge in [-0.15, -0.1) is 0 Å². The van der Waals surface area contributed by atoms with Crippen molar-refractivity contribution >= 4 is 28.6 Å². The predicted octanol–water partition coefficient (Wildman–Crippen LogP) is 0.768. The number of nitrogens with one attached hydrogen (secondary N) is 1. The summed E-state index contributed by atoms with van der Waals surface area (Å²) in [4.78, 5) is 12.5. The summed E-state index contributed by atoms with van der Waals surface area (Å²) in [5.74, 6) is 0.362. The number of nitriles is 1. The third-order valence-electron chi connectivity index (χ3n) is 4.77. The summed E-state index contributed by atoms with van der Waals surface area (Å²) in [6, 6.07) is 8.43. The predicted molar refractivity (Wildman–Crippen MR) is 102 cm³/mol. The first kappa shape index (κ1) is 19.5. The van der Waals surface area contributed by atoms with Crippen LogP contribution < -0.4 is 5.32 Å². The molecule has 3 aromatic rings. The lowest BCUT2D eigenvalue weighted by molar-refractivity contribution is -0.0849. The van der Waals surface area contributed by atoms with Crippen molar-refractivity contribution in [3.05, 3.63) is 47.5 Å². The second kappa shape index (κ2) is 7.90. The first-order chi connectivity index (χ1) is 14.0. The second-order valence-electron chi connectivity index (χ2n) is 6.53. The lowest BCUT2D eigenvalue weighted by Gasteiger charge is -2.21. The Morgan fingerprint density at radius 1 is 1.21 bits per heavy atom. The number of halogens is 1. The summed E-state index contributed by atoms with van der Waals surface area (Å²) in [5, 5.41) is 43.7. The molecule has 1 aromatic carbocycles. The van der Waals surface area contributed by atoms with E-state index in [9.17, 15) is 15.3 Å². The Balaban J connectivity index is 1.63. The highest BCUT2D eigenvalue weighted by Gasteiger charge is 2.47. The number of aliphatic hydroxyl groups excluding tert-OH is 3. The molecule has 1 saturated heterocycles. The molecule has 11 heteroatoms. The standard InChI is InChI=1S/C18H17ClN6O4/c19-10-3-1-9(2-4-10)12(26)15-13(27)14(28)18(29-15)25-8-24-11-16(21-6-5-20)22-7-23-17(11)25/h1-4,7-8,12-15,18,26-28H,6H2,(H,21,22,23)/t12?,13-,14+,15+,18-/m0/s1. The van der Waals surface area contributed by atoms with Crippen LogP contribution in [0.4, 0.5) is 5.82 Å². The number of rotatable bonds is 5. The highest BCUT2D eigenvalue weighted by Crippen LogP contribution is 2.37. The Labute approximate surface area is 170 Å². The number of ether oxygens (including phenoxy) is 1. The number of anilines is 1. The van der Waals surface area contributed by atoms with E-state index >= 15 is 0 Å². The lowest BCUT2D eigenvalue weighted by atomic mass is 9.99. The Hall–Kier alpha value is -2.81. The summed E-state index contributed by atoms with van der Waals surface area (Å²) >= 11 is 5.87. The monoisotopic (exact) mass is 416 g/mol. The largest absolute Gasteiger partial charge is 0.387 e. The van der Waals surface area contributed by atoms with Gasteiger partial charge in [-0.25, -0.2) is 15.0 Å². The molecule has 4 rings (SSSR count). The van der Waals surface area contributed by atoms with Crippen LogP contribution in [0.2, 0.25) is 5.02 Å². The zero-order valence-corrected chi connectivity index (χ0v) is 15.7. The second-order valence-corrected chi connectivity index (χ2v) is 6.96. The maximum atomic E-state index is 10.6. The molecule has 10 nitrogen and oxygen atoms in total. The van der Waals surface area contributed by atoms with Crippen molar-refractivity contribution in [1.29, 1.82) is 5.26 Å². The van der Waals surface area contributed by atoms with Gasteiger partial charge in [0.2, 0.25) is 0 Å². The van der Waals surface area contributed by atoms with Crippen molar-refractivity contribution in [3.8, 4) is 6.07 Å². The highest BCUT2D eigenvalue weighted by molar-refractivity contribution is 6.30. The molecule has 4 N–H and O–H groups in total. The fraction of sp³-hybridized carbons (Fsp3) is 0.333. The van der Waals surface area contributed by atoms with Crippen LogP contribution >= 0.6 is 11.6 Å². The first-order valence-electron chi connectivity index (χ1n) is 8.74. The third kappa shape index (κ3) is 3.50. The molecule has 0 amide bonds. The van der Waals surface area contributed by atoms with Gasteiger partial charge in [-0.2, -0.15) is 5.26 Å². The first-order valence-corrected chi connectivity index (χ1v) is 9.12. The van der Waals surface area contributed by atoms with E-state index in [1.54, 1.807) is 24.3 Å². The SMILES string of the molecule is N#CCNc1ncnc2c1ncn2[C@H]1O[C@H](C(O)c2ccc(Cl)cc2)[C@@H](O)[C@H]1O. The van der Waals surface area contributed by atoms with E-state index in [4.69, 9.17) is 21.6 Å². The molecule has 2 aromatic heterocycles. The van der Waals surface area contributed by atoms with E-state index in [-0.39, 0.29) is 6.54 Å². The number of aliphatic hydroxyl groups is 3. The molecule has 0 spiro atoms. The van der Waals surface area contributed by atoms with E-state index in [0.29, 0.717) is 27.6 Å². The smallest absolute Gasteiger partial charge is 0.167 e. The van der Waals surface area contributed by atoms with Crippen LogP contribution in [0.5, 0.6) is 0 Å². The topological polar surface area (TPSA) is 149 Å². The van der Waals surface area contributed by atoms with E-state index in [1.807, 2.05) is 6.07 Å². The fourth-order valence-electron chi connectivity index (χ4n) is 3.32. The number of imidazole rings is 1. The summed E-state index contributed by atoms with van der Waals surface area (Å²) in [6.45, 7) is 0.0373. The van der Waals surface area contributed by atoms with Crippen LogP contribution in [0.1, 0.15) is 17.9 Å². The van der Waals surface area contributed by atoms with Gasteiger partial charge in [0, 0.05) is 5.02 Å². The fourth-order valence-corrected chi connectivity index (χ4v) is 3.44. The normalized spacial score (nSPS) is 25.1. The molecular formula is C18H17ClN6O4. The molecule has 0 bridgehead atoms. The molecule has 1 fully saturated rings. The molecule has 29 heavy (non-hydrogen) atoms. The third-order valence-corrected chi connectivity index (χ3v) is 5.02. The number of aromatic nitrogens is 4. The van der Waals surface area contributed by atoms with Crippen molar-refractivity contribution in [3.63, 3.8) is 0 Å². The van der Waals surface area contributed by atoms with Crippen LogP contribution in [0.15, 0.2) is 36.9 Å². The Bertz CT molecular complexity index is 1050. The maximum Gasteiger partial charge on any atom is 0.167 e. The van der Waals surface area contributed by atoms with Gasteiger partial charge in [0.1, 0.15) is 37.3 Å². The molecule has 0 saturated carbocycles. The molecular weight excluding hydrogens is 400 g/mol. The molecule has 0 aliphatic carbocycles. The van der Waals surface area contributed by atoms with Gasteiger partial charge < -0.3 is 25.4 Å². The van der Waals surface area contributed by atoms with Crippen LogP contribution in [0.25, 0.3) is 11.2 Å². The summed E-state index contributed by atoms with van der Waals surface area (Å²) < 4.78 is 7.27. The Morgan fingerprint density at radius 2 is 1.97 bits per heavy atom. The number of hydrogen-bond donors (Lipinski definition) is 4. The zero-order valence-electron chi connectivity index (χ0n) is 14.9. The minimum Gasteiger partial charge on any atom is -0.387 e. The summed E-state index contributed by atoms with van der Waals surface area (Å²) in [7, 11) is 0. The van der Waals surface area contributed by atoms with Crippen LogP contribution in [-0.2, 0) is 4.74 Å². The van der Waals surface area contributed by atoms with Gasteiger partial charge >= 0.3 is 0 Å². The highest BCUT2D eigenvalue weighted by atomic mass is 35.5. The van der Waals surface area contributed by atoms with Gasteiger partial charge in [0.05, 0.1) is 12.4 Å². The number of benzene rings is 1. The van der Waals surface area contributed by atoms with Crippen molar-refractivity contribution in [2.24, 2.45) is 0 Å². The summed E-state index contributed by atoms with van der Waals surface area (Å²) in [6.07, 6.45) is -3.27. The molecule has 150 valence electrons. The van der Waals surface area contributed by atoms with Crippen molar-refractivity contribution in [2.45, 2.75) is 30.6 Å². The molecule has 0 radical (unpaired) electrons. The van der Waals surface area contributed by atoms with Gasteiger partial charge in [-0.3, -0.25) is 4.57 Å². The molecule has 1 unspecified atom stereocenters. The molecule has 1 aliphatic heterocycles. The van der Waals surface area contributed by atoms with Crippen molar-refractivity contribution < 1.29 is 20.1 Å². The minimum atomic E-state index is -1.35. The van der Waals surface area contributed by atoms with Gasteiger partial charge in [0.25, 0.3) is 0 Å². The van der Waals surface area contributed by atoms with E-state index < -0.39 is 30.6 Å². The maximum absolute atomic E-state index is 10.6. The quantitative estimate of drug-likeness (QED) is 0.442. The average Bonchev–Trinajstić information content (AvgIpc) is 3.28. The van der Waals surface area contributed by atoms with E-state index in [1.165, 1.54) is 17.2 Å². The molecule has 3 heterocycles. The van der Waals surface area contributed by atoms with Gasteiger partial charge in [-0.1, -0.05) is 23.7 Å². The number of nitrogens with zero attached hydrogens (tertiary/aromatic N) is 5. The number of hydrogen-bond acceptors (Lipinski definition) is 9. The molecule has 1 aliphatic rings. The van der Waals surface area contributed by atoms with Crippen LogP contribution in [-0.4, -0.2) is 59.7 Å². The van der Waals surface area contributed by atoms with Gasteiger partial charge in [-0.05, 0) is 17.7 Å². The van der Waals surface area contributed by atoms with Gasteiger partial charge in [0.15, 0.2) is 23.2 Å². The van der Waals surface area contributed by atoms with Crippen molar-refractivity contribution in [2.75, 3.05) is 11.9 Å². The number of fused-ring (bicyclic) bond motifs is 1. The zero-order chi connectivity index (χ0) is 20.5. The van der Waals surface area contributed by atoms with E-state index in [2.05, 4.69) is 20.3 Å². The Kier molecular flexibility index (Phi) is 5.31.